The van der Waals surface area contributed by atoms with Crippen LogP contribution in [0, 0.1) is 6.92 Å². The summed E-state index contributed by atoms with van der Waals surface area (Å²) in [6.07, 6.45) is 1.52. The molecule has 0 aliphatic heterocycles. The molecule has 1 N–H and O–H groups in total. The van der Waals surface area contributed by atoms with Gasteiger partial charge in [-0.1, -0.05) is 78.4 Å². The first-order valence-corrected chi connectivity index (χ1v) is 10.9. The molecule has 0 saturated heterocycles. The van der Waals surface area contributed by atoms with Crippen LogP contribution in [0.25, 0.3) is 0 Å². The lowest BCUT2D eigenvalue weighted by molar-refractivity contribution is -0.121. The smallest absolute Gasteiger partial charge is 0.255 e. The van der Waals surface area contributed by atoms with E-state index in [4.69, 9.17) is 0 Å². The van der Waals surface area contributed by atoms with E-state index in [-0.39, 0.29) is 18.0 Å². The number of carbonyl (C=O) groups excluding carboxylic acids is 1. The van der Waals surface area contributed by atoms with E-state index in [1.807, 2.05) is 61.5 Å². The Labute approximate surface area is 176 Å². The van der Waals surface area contributed by atoms with E-state index in [0.717, 1.165) is 21.0 Å². The first-order chi connectivity index (χ1) is 14.4. The summed E-state index contributed by atoms with van der Waals surface area (Å²) in [6.45, 7) is 1.71. The number of amides is 1. The number of sulfonamides is 1. The van der Waals surface area contributed by atoms with Crippen molar-refractivity contribution in [3.8, 4) is 0 Å². The van der Waals surface area contributed by atoms with Crippen LogP contribution >= 0.6 is 0 Å². The van der Waals surface area contributed by atoms with Crippen molar-refractivity contribution in [3.05, 3.63) is 102 Å². The third-order valence-electron chi connectivity index (χ3n) is 4.38. The van der Waals surface area contributed by atoms with Gasteiger partial charge in [-0.15, -0.1) is 0 Å². The van der Waals surface area contributed by atoms with Crippen LogP contribution in [0.15, 0.2) is 94.9 Å². The third-order valence-corrected chi connectivity index (χ3v) is 6.19. The van der Waals surface area contributed by atoms with Crippen molar-refractivity contribution in [2.24, 2.45) is 5.10 Å². The van der Waals surface area contributed by atoms with E-state index >= 15 is 0 Å². The summed E-state index contributed by atoms with van der Waals surface area (Å²) < 4.78 is 27.4. The Kier molecular flexibility index (Phi) is 7.11. The maximum Gasteiger partial charge on any atom is 0.255 e. The number of aryl methyl sites for hydroxylation is 1. The van der Waals surface area contributed by atoms with Crippen LogP contribution in [0.5, 0.6) is 0 Å². The molecule has 3 aromatic carbocycles. The minimum Gasteiger partial charge on any atom is -0.272 e. The monoisotopic (exact) mass is 421 g/mol. The van der Waals surface area contributed by atoms with Gasteiger partial charge in [0.25, 0.3) is 5.91 Å². The fourth-order valence-electron chi connectivity index (χ4n) is 2.78. The average Bonchev–Trinajstić information content (AvgIpc) is 2.76. The summed E-state index contributed by atoms with van der Waals surface area (Å²) >= 11 is 0. The molecule has 0 aliphatic rings. The van der Waals surface area contributed by atoms with Gasteiger partial charge in [0.1, 0.15) is 0 Å². The molecule has 3 rings (SSSR count). The lowest BCUT2D eigenvalue weighted by Crippen LogP contribution is -2.39. The average molecular weight is 422 g/mol. The highest BCUT2D eigenvalue weighted by Gasteiger charge is 2.26. The number of benzene rings is 3. The van der Waals surface area contributed by atoms with Crippen molar-refractivity contribution in [2.75, 3.05) is 6.54 Å². The lowest BCUT2D eigenvalue weighted by atomic mass is 10.2. The SMILES string of the molecule is Cc1ccc(/C=N/NC(=O)CN(Cc2ccccc2)S(=O)(=O)c2ccccc2)cc1. The van der Waals surface area contributed by atoms with Crippen molar-refractivity contribution in [1.29, 1.82) is 0 Å². The van der Waals surface area contributed by atoms with Gasteiger partial charge in [0.15, 0.2) is 0 Å². The van der Waals surface area contributed by atoms with Gasteiger partial charge < -0.3 is 0 Å². The second-order valence-corrected chi connectivity index (χ2v) is 8.71. The van der Waals surface area contributed by atoms with Crippen molar-refractivity contribution in [3.63, 3.8) is 0 Å². The Morgan fingerprint density at radius 2 is 1.53 bits per heavy atom. The minimum absolute atomic E-state index is 0.0766. The highest BCUT2D eigenvalue weighted by atomic mass is 32.2. The normalized spacial score (nSPS) is 11.7. The molecule has 154 valence electrons. The Morgan fingerprint density at radius 1 is 0.933 bits per heavy atom. The molecule has 0 radical (unpaired) electrons. The summed E-state index contributed by atoms with van der Waals surface area (Å²) in [4.78, 5) is 12.6. The van der Waals surface area contributed by atoms with Gasteiger partial charge in [0, 0.05) is 6.54 Å². The molecule has 0 fully saturated rings. The molecule has 1 amide bonds. The lowest BCUT2D eigenvalue weighted by Gasteiger charge is -2.21. The third kappa shape index (κ3) is 5.85. The molecule has 6 nitrogen and oxygen atoms in total. The number of nitrogens with zero attached hydrogens (tertiary/aromatic N) is 2. The van der Waals surface area contributed by atoms with Crippen molar-refractivity contribution in [1.82, 2.24) is 9.73 Å². The van der Waals surface area contributed by atoms with E-state index in [2.05, 4.69) is 10.5 Å². The van der Waals surface area contributed by atoms with Crippen LogP contribution in [0.2, 0.25) is 0 Å². The van der Waals surface area contributed by atoms with Gasteiger partial charge in [-0.05, 0) is 30.2 Å². The highest BCUT2D eigenvalue weighted by Crippen LogP contribution is 2.18. The molecular weight excluding hydrogens is 398 g/mol. The molecule has 0 heterocycles. The van der Waals surface area contributed by atoms with Crippen LogP contribution < -0.4 is 5.43 Å². The predicted molar refractivity (Wildman–Crippen MR) is 117 cm³/mol. The standard InChI is InChI=1S/C23H23N3O3S/c1-19-12-14-20(15-13-19)16-24-25-23(27)18-26(17-21-8-4-2-5-9-21)30(28,29)22-10-6-3-7-11-22/h2-16H,17-18H2,1H3,(H,25,27)/b24-16+. The quantitative estimate of drug-likeness (QED) is 0.448. The second-order valence-electron chi connectivity index (χ2n) is 6.78. The largest absolute Gasteiger partial charge is 0.272 e. The molecule has 30 heavy (non-hydrogen) atoms. The summed E-state index contributed by atoms with van der Waals surface area (Å²) in [5, 5.41) is 3.94. The summed E-state index contributed by atoms with van der Waals surface area (Å²) in [7, 11) is -3.86. The Hall–Kier alpha value is -3.29. The number of hydrogen-bond donors (Lipinski definition) is 1. The predicted octanol–water partition coefficient (Wildman–Crippen LogP) is 3.34. The number of carbonyl (C=O) groups is 1. The highest BCUT2D eigenvalue weighted by molar-refractivity contribution is 7.89. The van der Waals surface area contributed by atoms with E-state index in [9.17, 15) is 13.2 Å². The zero-order chi connectivity index (χ0) is 21.4. The van der Waals surface area contributed by atoms with Crippen molar-refractivity contribution in [2.45, 2.75) is 18.4 Å². The molecule has 7 heteroatoms. The van der Waals surface area contributed by atoms with Crippen LogP contribution in [0.3, 0.4) is 0 Å². The van der Waals surface area contributed by atoms with E-state index in [1.54, 1.807) is 18.2 Å². The zero-order valence-corrected chi connectivity index (χ0v) is 17.4. The van der Waals surface area contributed by atoms with Gasteiger partial charge in [0.05, 0.1) is 17.7 Å². The van der Waals surface area contributed by atoms with Crippen LogP contribution in [0.4, 0.5) is 0 Å². The van der Waals surface area contributed by atoms with E-state index < -0.39 is 15.9 Å². The van der Waals surface area contributed by atoms with Crippen LogP contribution in [-0.4, -0.2) is 31.4 Å². The Bertz CT molecular complexity index is 1100. The van der Waals surface area contributed by atoms with E-state index in [1.165, 1.54) is 18.3 Å². The van der Waals surface area contributed by atoms with Gasteiger partial charge >= 0.3 is 0 Å². The molecular formula is C23H23N3O3S. The van der Waals surface area contributed by atoms with Crippen molar-refractivity contribution < 1.29 is 13.2 Å². The maximum atomic E-state index is 13.1. The maximum absolute atomic E-state index is 13.1. The van der Waals surface area contributed by atoms with E-state index in [0.29, 0.717) is 0 Å². The first-order valence-electron chi connectivity index (χ1n) is 9.43. The molecule has 0 saturated carbocycles. The molecule has 0 spiro atoms. The first kappa shape index (κ1) is 21.4. The van der Waals surface area contributed by atoms with Gasteiger partial charge in [-0.3, -0.25) is 4.79 Å². The molecule has 0 bridgehead atoms. The number of hydrazone groups is 1. The van der Waals surface area contributed by atoms with Gasteiger partial charge in [-0.2, -0.15) is 9.41 Å². The number of nitrogens with one attached hydrogen (secondary N) is 1. The molecule has 0 atom stereocenters. The molecule has 0 unspecified atom stereocenters. The van der Waals surface area contributed by atoms with Gasteiger partial charge in [-0.25, -0.2) is 13.8 Å². The fourth-order valence-corrected chi connectivity index (χ4v) is 4.19. The summed E-state index contributed by atoms with van der Waals surface area (Å²) in [6, 6.07) is 24.9. The van der Waals surface area contributed by atoms with Gasteiger partial charge in [0.2, 0.25) is 10.0 Å². The van der Waals surface area contributed by atoms with Crippen molar-refractivity contribution >= 4 is 22.1 Å². The minimum atomic E-state index is -3.86. The summed E-state index contributed by atoms with van der Waals surface area (Å²) in [5.74, 6) is -0.520. The molecule has 0 aliphatic carbocycles. The Balaban J connectivity index is 1.74. The number of rotatable bonds is 8. The number of hydrogen-bond acceptors (Lipinski definition) is 4. The topological polar surface area (TPSA) is 78.8 Å². The van der Waals surface area contributed by atoms with Crippen LogP contribution in [0.1, 0.15) is 16.7 Å². The molecule has 0 aromatic heterocycles. The van der Waals surface area contributed by atoms with Crippen LogP contribution in [-0.2, 0) is 21.4 Å². The Morgan fingerprint density at radius 3 is 2.17 bits per heavy atom. The second kappa shape index (κ2) is 9.96. The molecule has 3 aromatic rings. The summed E-state index contributed by atoms with van der Waals surface area (Å²) in [5.41, 5.74) is 5.15. The fraction of sp³-hybridized carbons (Fsp3) is 0.130. The zero-order valence-electron chi connectivity index (χ0n) is 16.6.